The molecule has 28 heavy (non-hydrogen) atoms. The summed E-state index contributed by atoms with van der Waals surface area (Å²) in [6.45, 7) is 3.71. The number of esters is 1. The van der Waals surface area contributed by atoms with E-state index < -0.39 is 11.6 Å². The van der Waals surface area contributed by atoms with Crippen molar-refractivity contribution in [2.45, 2.75) is 26.0 Å². The maximum absolute atomic E-state index is 12.2. The van der Waals surface area contributed by atoms with E-state index in [1.165, 1.54) is 21.3 Å². The van der Waals surface area contributed by atoms with E-state index in [2.05, 4.69) is 5.32 Å². The van der Waals surface area contributed by atoms with Crippen LogP contribution >= 0.6 is 0 Å². The highest BCUT2D eigenvalue weighted by atomic mass is 16.6. The number of ether oxygens (including phenoxy) is 4. The molecule has 7 nitrogen and oxygen atoms in total. The van der Waals surface area contributed by atoms with Gasteiger partial charge < -0.3 is 24.3 Å². The largest absolute Gasteiger partial charge is 0.493 e. The van der Waals surface area contributed by atoms with Gasteiger partial charge >= 0.3 is 5.97 Å². The fourth-order valence-corrected chi connectivity index (χ4v) is 3.17. The molecule has 3 rings (SSSR count). The molecule has 0 aliphatic carbocycles. The van der Waals surface area contributed by atoms with Crippen molar-refractivity contribution in [1.82, 2.24) is 5.32 Å². The first-order valence-corrected chi connectivity index (χ1v) is 8.76. The molecule has 7 heteroatoms. The number of fused-ring (bicyclic) bond motifs is 1. The number of carbonyl (C=O) groups excluding carboxylic acids is 2. The minimum Gasteiger partial charge on any atom is -0.493 e. The normalized spacial score (nSPS) is 12.8. The fourth-order valence-electron chi connectivity index (χ4n) is 3.17. The molecule has 0 unspecified atom stereocenters. The van der Waals surface area contributed by atoms with Gasteiger partial charge in [0.2, 0.25) is 5.75 Å². The number of nitrogens with one attached hydrogen (secondary N) is 1. The van der Waals surface area contributed by atoms with E-state index in [1.54, 1.807) is 26.0 Å². The van der Waals surface area contributed by atoms with Gasteiger partial charge in [0.05, 0.1) is 21.3 Å². The van der Waals surface area contributed by atoms with Crippen molar-refractivity contribution in [2.75, 3.05) is 21.3 Å². The van der Waals surface area contributed by atoms with Crippen LogP contribution < -0.4 is 19.5 Å². The molecule has 1 aliphatic rings. The molecule has 0 bridgehead atoms. The van der Waals surface area contributed by atoms with Crippen LogP contribution in [0.3, 0.4) is 0 Å². The minimum absolute atomic E-state index is 0.0860. The lowest BCUT2D eigenvalue weighted by atomic mass is 9.98. The van der Waals surface area contributed by atoms with Crippen molar-refractivity contribution < 1.29 is 28.5 Å². The number of benzene rings is 2. The lowest BCUT2D eigenvalue weighted by Crippen LogP contribution is -2.39. The van der Waals surface area contributed by atoms with E-state index in [1.807, 2.05) is 18.2 Å². The van der Waals surface area contributed by atoms with Crippen LogP contribution in [0, 0.1) is 0 Å². The van der Waals surface area contributed by atoms with E-state index in [0.29, 0.717) is 34.9 Å². The van der Waals surface area contributed by atoms with E-state index in [0.717, 1.165) is 11.1 Å². The summed E-state index contributed by atoms with van der Waals surface area (Å²) in [4.78, 5) is 24.0. The van der Waals surface area contributed by atoms with Crippen molar-refractivity contribution in [2.24, 2.45) is 0 Å². The second kappa shape index (κ2) is 7.42. The van der Waals surface area contributed by atoms with Crippen molar-refractivity contribution in [3.8, 4) is 28.4 Å². The van der Waals surface area contributed by atoms with Gasteiger partial charge in [-0.15, -0.1) is 0 Å². The first-order valence-electron chi connectivity index (χ1n) is 8.76. The van der Waals surface area contributed by atoms with E-state index in [9.17, 15) is 9.59 Å². The second-order valence-electron chi connectivity index (χ2n) is 6.84. The molecule has 1 N–H and O–H groups in total. The van der Waals surface area contributed by atoms with Crippen molar-refractivity contribution in [1.29, 1.82) is 0 Å². The van der Waals surface area contributed by atoms with Gasteiger partial charge in [0, 0.05) is 17.7 Å². The molecule has 0 fully saturated rings. The predicted molar refractivity (Wildman–Crippen MR) is 103 cm³/mol. The summed E-state index contributed by atoms with van der Waals surface area (Å²) in [5.41, 5.74) is 1.83. The SMILES string of the molecule is COC(=O)C(C)(C)Oc1c(-c2ccc3c(c2)CNC3=O)ccc(OC)c1OC. The van der Waals surface area contributed by atoms with Gasteiger partial charge in [-0.1, -0.05) is 6.07 Å². The molecule has 0 radical (unpaired) electrons. The molecule has 0 saturated heterocycles. The Kier molecular flexibility index (Phi) is 5.18. The first kappa shape index (κ1) is 19.5. The molecule has 2 aromatic rings. The topological polar surface area (TPSA) is 83.1 Å². The Labute approximate surface area is 163 Å². The Morgan fingerprint density at radius 3 is 2.36 bits per heavy atom. The Morgan fingerprint density at radius 1 is 1.00 bits per heavy atom. The van der Waals surface area contributed by atoms with Crippen LogP contribution in [0.5, 0.6) is 17.2 Å². The Morgan fingerprint density at radius 2 is 1.71 bits per heavy atom. The molecule has 0 spiro atoms. The first-order chi connectivity index (χ1) is 13.3. The average Bonchev–Trinajstić information content (AvgIpc) is 3.06. The summed E-state index contributed by atoms with van der Waals surface area (Å²) in [5, 5.41) is 2.80. The molecular weight excluding hydrogens is 362 g/mol. The molecule has 1 amide bonds. The van der Waals surface area contributed by atoms with Crippen LogP contribution in [0.15, 0.2) is 30.3 Å². The third-order valence-corrected chi connectivity index (χ3v) is 4.63. The number of amides is 1. The highest BCUT2D eigenvalue weighted by Crippen LogP contribution is 2.46. The van der Waals surface area contributed by atoms with Gasteiger partial charge in [-0.3, -0.25) is 4.79 Å². The number of hydrogen-bond donors (Lipinski definition) is 1. The van der Waals surface area contributed by atoms with Crippen LogP contribution in [0.4, 0.5) is 0 Å². The summed E-state index contributed by atoms with van der Waals surface area (Å²) in [6, 6.07) is 9.13. The van der Waals surface area contributed by atoms with Gasteiger partial charge in [-0.05, 0) is 49.2 Å². The number of carbonyl (C=O) groups is 2. The summed E-state index contributed by atoms with van der Waals surface area (Å²) in [7, 11) is 4.34. The summed E-state index contributed by atoms with van der Waals surface area (Å²) in [5.74, 6) is 0.588. The monoisotopic (exact) mass is 385 g/mol. The van der Waals surface area contributed by atoms with Gasteiger partial charge in [0.1, 0.15) is 0 Å². The zero-order valence-corrected chi connectivity index (χ0v) is 16.5. The number of hydrogen-bond acceptors (Lipinski definition) is 6. The highest BCUT2D eigenvalue weighted by molar-refractivity contribution is 5.99. The lowest BCUT2D eigenvalue weighted by molar-refractivity contribution is -0.156. The quantitative estimate of drug-likeness (QED) is 0.770. The average molecular weight is 385 g/mol. The maximum Gasteiger partial charge on any atom is 0.349 e. The molecule has 148 valence electrons. The van der Waals surface area contributed by atoms with Crippen LogP contribution in [0.25, 0.3) is 11.1 Å². The third kappa shape index (κ3) is 3.35. The molecule has 1 heterocycles. The fraction of sp³-hybridized carbons (Fsp3) is 0.333. The van der Waals surface area contributed by atoms with Crippen LogP contribution in [-0.2, 0) is 16.1 Å². The Hall–Kier alpha value is -3.22. The summed E-state index contributed by atoms with van der Waals surface area (Å²) >= 11 is 0. The maximum atomic E-state index is 12.2. The van der Waals surface area contributed by atoms with Gasteiger partial charge in [0.25, 0.3) is 5.91 Å². The molecule has 0 saturated carbocycles. The van der Waals surface area contributed by atoms with E-state index in [4.69, 9.17) is 18.9 Å². The zero-order chi connectivity index (χ0) is 20.5. The molecule has 0 aromatic heterocycles. The van der Waals surface area contributed by atoms with E-state index >= 15 is 0 Å². The minimum atomic E-state index is -1.25. The molecule has 2 aromatic carbocycles. The molecule has 0 atom stereocenters. The predicted octanol–water partition coefficient (Wildman–Crippen LogP) is 2.94. The standard InChI is InChI=1S/C21H23NO6/c1-21(2,20(24)27-5)28-17-14(8-9-16(25-3)18(17)26-4)12-6-7-15-13(10-12)11-22-19(15)23/h6-10H,11H2,1-5H3,(H,22,23). The van der Waals surface area contributed by atoms with Gasteiger partial charge in [0.15, 0.2) is 17.1 Å². The summed E-state index contributed by atoms with van der Waals surface area (Å²) in [6.07, 6.45) is 0. The van der Waals surface area contributed by atoms with Crippen LogP contribution in [0.2, 0.25) is 0 Å². The van der Waals surface area contributed by atoms with Crippen molar-refractivity contribution >= 4 is 11.9 Å². The van der Waals surface area contributed by atoms with Crippen LogP contribution in [0.1, 0.15) is 29.8 Å². The highest BCUT2D eigenvalue weighted by Gasteiger charge is 2.34. The number of rotatable bonds is 6. The zero-order valence-electron chi connectivity index (χ0n) is 16.5. The Balaban J connectivity index is 2.16. The van der Waals surface area contributed by atoms with Crippen LogP contribution in [-0.4, -0.2) is 38.8 Å². The van der Waals surface area contributed by atoms with E-state index in [-0.39, 0.29) is 5.91 Å². The molecular formula is C21H23NO6. The van der Waals surface area contributed by atoms with Crippen molar-refractivity contribution in [3.63, 3.8) is 0 Å². The smallest absolute Gasteiger partial charge is 0.349 e. The summed E-state index contributed by atoms with van der Waals surface area (Å²) < 4.78 is 21.8. The third-order valence-electron chi connectivity index (χ3n) is 4.63. The van der Waals surface area contributed by atoms with Gasteiger partial charge in [-0.2, -0.15) is 0 Å². The van der Waals surface area contributed by atoms with Crippen molar-refractivity contribution in [3.05, 3.63) is 41.5 Å². The molecule has 1 aliphatic heterocycles. The van der Waals surface area contributed by atoms with Gasteiger partial charge in [-0.25, -0.2) is 4.79 Å². The lowest BCUT2D eigenvalue weighted by Gasteiger charge is -2.27. The Bertz CT molecular complexity index is 935. The second-order valence-corrected chi connectivity index (χ2v) is 6.84. The number of methoxy groups -OCH3 is 3.